The molecule has 0 radical (unpaired) electrons. The lowest BCUT2D eigenvalue weighted by atomic mass is 10.0. The summed E-state index contributed by atoms with van der Waals surface area (Å²) < 4.78 is 35.5. The Morgan fingerprint density at radius 1 is 1.10 bits per heavy atom. The zero-order chi connectivity index (χ0) is 28.0. The van der Waals surface area contributed by atoms with Crippen LogP contribution in [0.1, 0.15) is 17.5 Å². The van der Waals surface area contributed by atoms with Crippen molar-refractivity contribution in [3.05, 3.63) is 83.9 Å². The first-order chi connectivity index (χ1) is 19.3. The van der Waals surface area contributed by atoms with Crippen LogP contribution in [0.3, 0.4) is 0 Å². The number of nitrogens with one attached hydrogen (secondary N) is 1. The molecule has 2 aliphatic heterocycles. The van der Waals surface area contributed by atoms with E-state index in [9.17, 15) is 18.7 Å². The first kappa shape index (κ1) is 25.8. The van der Waals surface area contributed by atoms with Crippen molar-refractivity contribution in [2.75, 3.05) is 41.4 Å². The van der Waals surface area contributed by atoms with Gasteiger partial charge < -0.3 is 29.5 Å². The number of benzene rings is 2. The van der Waals surface area contributed by atoms with Crippen molar-refractivity contribution in [2.24, 2.45) is 7.05 Å². The number of aliphatic hydroxyl groups is 1. The molecule has 40 heavy (non-hydrogen) atoms. The third-order valence-electron chi connectivity index (χ3n) is 7.53. The van der Waals surface area contributed by atoms with Crippen LogP contribution in [0.25, 0.3) is 11.1 Å². The summed E-state index contributed by atoms with van der Waals surface area (Å²) in [5.74, 6) is -0.442. The number of halogens is 2. The summed E-state index contributed by atoms with van der Waals surface area (Å²) in [5.41, 5.74) is 3.23. The molecule has 0 saturated carbocycles. The lowest BCUT2D eigenvalue weighted by molar-refractivity contribution is -0.124. The highest BCUT2D eigenvalue weighted by Gasteiger charge is 2.34. The standard InChI is InChI=1S/C29H28F2N6O3/c1-17-11-22(21-5-3-4-6-23(21)31)26(35(17)2)27(38)28(39)34-19-7-8-24-25(12-19)40-16-20-15-36(9-10-37(20)24)29-32-13-18(30)14-33-29/h3-8,11-14,20,27,38H,9-10,15-16H2,1-2H3,(H,34,39). The van der Waals surface area contributed by atoms with Crippen LogP contribution < -0.4 is 19.9 Å². The van der Waals surface area contributed by atoms with Gasteiger partial charge in [-0.3, -0.25) is 4.79 Å². The second-order valence-corrected chi connectivity index (χ2v) is 10.0. The molecule has 4 heterocycles. The van der Waals surface area contributed by atoms with Crippen molar-refractivity contribution in [1.82, 2.24) is 14.5 Å². The van der Waals surface area contributed by atoms with Gasteiger partial charge in [-0.25, -0.2) is 18.7 Å². The number of piperazine rings is 1. The molecule has 0 aliphatic carbocycles. The molecule has 0 spiro atoms. The lowest BCUT2D eigenvalue weighted by Gasteiger charge is -2.45. The number of ether oxygens (including phenoxy) is 1. The summed E-state index contributed by atoms with van der Waals surface area (Å²) in [4.78, 5) is 25.6. The van der Waals surface area contributed by atoms with Crippen molar-refractivity contribution in [1.29, 1.82) is 0 Å². The maximum atomic E-state index is 14.6. The van der Waals surface area contributed by atoms with E-state index in [1.54, 1.807) is 48.0 Å². The van der Waals surface area contributed by atoms with Crippen LogP contribution in [0.5, 0.6) is 5.75 Å². The van der Waals surface area contributed by atoms with Crippen LogP contribution in [0.15, 0.2) is 60.9 Å². The Labute approximate surface area is 229 Å². The van der Waals surface area contributed by atoms with Gasteiger partial charge in [0.2, 0.25) is 5.95 Å². The first-order valence-electron chi connectivity index (χ1n) is 13.0. The summed E-state index contributed by atoms with van der Waals surface area (Å²) in [6.45, 7) is 4.22. The van der Waals surface area contributed by atoms with Gasteiger partial charge in [0.05, 0.1) is 29.8 Å². The fourth-order valence-electron chi connectivity index (χ4n) is 5.41. The first-order valence-corrected chi connectivity index (χ1v) is 13.0. The van der Waals surface area contributed by atoms with Gasteiger partial charge in [-0.15, -0.1) is 0 Å². The number of aromatic nitrogens is 3. The van der Waals surface area contributed by atoms with E-state index in [4.69, 9.17) is 4.74 Å². The van der Waals surface area contributed by atoms with Crippen molar-refractivity contribution in [2.45, 2.75) is 19.1 Å². The monoisotopic (exact) mass is 546 g/mol. The molecular weight excluding hydrogens is 518 g/mol. The van der Waals surface area contributed by atoms with Gasteiger partial charge in [0.15, 0.2) is 11.9 Å². The fraction of sp³-hybridized carbons (Fsp3) is 0.276. The Morgan fingerprint density at radius 2 is 1.88 bits per heavy atom. The zero-order valence-corrected chi connectivity index (χ0v) is 22.0. The Kier molecular flexibility index (Phi) is 6.59. The Hall–Kier alpha value is -4.51. The summed E-state index contributed by atoms with van der Waals surface area (Å²) in [7, 11) is 1.73. The topological polar surface area (TPSA) is 95.8 Å². The number of carbonyl (C=O) groups is 1. The molecule has 0 bridgehead atoms. The number of anilines is 3. The van der Waals surface area contributed by atoms with E-state index in [2.05, 4.69) is 20.2 Å². The minimum absolute atomic E-state index is 0.0505. The molecule has 2 aromatic carbocycles. The van der Waals surface area contributed by atoms with Gasteiger partial charge in [-0.1, -0.05) is 18.2 Å². The lowest BCUT2D eigenvalue weighted by Crippen LogP contribution is -2.57. The summed E-state index contributed by atoms with van der Waals surface area (Å²) >= 11 is 0. The van der Waals surface area contributed by atoms with Crippen LogP contribution >= 0.6 is 0 Å². The average Bonchev–Trinajstić information content (AvgIpc) is 3.26. The van der Waals surface area contributed by atoms with E-state index in [0.717, 1.165) is 23.8 Å². The highest BCUT2D eigenvalue weighted by Crippen LogP contribution is 2.38. The van der Waals surface area contributed by atoms with Crippen LogP contribution in [0.2, 0.25) is 0 Å². The van der Waals surface area contributed by atoms with Gasteiger partial charge in [0.25, 0.3) is 5.91 Å². The Morgan fingerprint density at radius 3 is 2.65 bits per heavy atom. The number of carbonyl (C=O) groups excluding carboxylic acids is 1. The van der Waals surface area contributed by atoms with Crippen LogP contribution in [0, 0.1) is 18.6 Å². The molecule has 1 amide bonds. The molecule has 4 aromatic rings. The minimum Gasteiger partial charge on any atom is -0.489 e. The van der Waals surface area contributed by atoms with Gasteiger partial charge in [-0.2, -0.15) is 0 Å². The maximum absolute atomic E-state index is 14.6. The van der Waals surface area contributed by atoms with E-state index in [0.29, 0.717) is 60.4 Å². The van der Waals surface area contributed by atoms with Crippen molar-refractivity contribution in [3.63, 3.8) is 0 Å². The molecule has 2 unspecified atom stereocenters. The van der Waals surface area contributed by atoms with Crippen molar-refractivity contribution >= 4 is 23.2 Å². The minimum atomic E-state index is -1.53. The molecule has 206 valence electrons. The number of aryl methyl sites for hydroxylation is 1. The number of rotatable bonds is 5. The van der Waals surface area contributed by atoms with Crippen molar-refractivity contribution < 1.29 is 23.4 Å². The third kappa shape index (κ3) is 4.62. The molecule has 11 heteroatoms. The molecule has 9 nitrogen and oxygen atoms in total. The Bertz CT molecular complexity index is 1570. The number of fused-ring (bicyclic) bond motifs is 3. The highest BCUT2D eigenvalue weighted by atomic mass is 19.1. The quantitative estimate of drug-likeness (QED) is 0.393. The highest BCUT2D eigenvalue weighted by molar-refractivity contribution is 5.96. The van der Waals surface area contributed by atoms with E-state index < -0.39 is 23.6 Å². The normalized spacial score (nSPS) is 17.1. The number of aliphatic hydroxyl groups excluding tert-OH is 1. The van der Waals surface area contributed by atoms with Gasteiger partial charge in [0, 0.05) is 55.3 Å². The van der Waals surface area contributed by atoms with E-state index in [1.807, 2.05) is 17.9 Å². The largest absolute Gasteiger partial charge is 0.489 e. The third-order valence-corrected chi connectivity index (χ3v) is 7.53. The van der Waals surface area contributed by atoms with Gasteiger partial charge >= 0.3 is 0 Å². The maximum Gasteiger partial charge on any atom is 0.259 e. The van der Waals surface area contributed by atoms with Crippen molar-refractivity contribution in [3.8, 4) is 16.9 Å². The van der Waals surface area contributed by atoms with Gasteiger partial charge in [0.1, 0.15) is 18.2 Å². The van der Waals surface area contributed by atoms with E-state index in [1.165, 1.54) is 6.07 Å². The average molecular weight is 547 g/mol. The number of hydrogen-bond acceptors (Lipinski definition) is 7. The van der Waals surface area contributed by atoms with E-state index in [-0.39, 0.29) is 6.04 Å². The number of amides is 1. The molecular formula is C29H28F2N6O3. The number of nitrogens with zero attached hydrogens (tertiary/aromatic N) is 5. The van der Waals surface area contributed by atoms with E-state index >= 15 is 0 Å². The van der Waals surface area contributed by atoms with Crippen LogP contribution in [-0.4, -0.2) is 57.8 Å². The molecule has 1 fully saturated rings. The van der Waals surface area contributed by atoms with Gasteiger partial charge in [-0.05, 0) is 31.2 Å². The SMILES string of the molecule is Cc1cc(-c2ccccc2F)c(C(O)C(=O)Nc2ccc3c(c2)OCC2CN(c4ncc(F)cn4)CCN32)n1C. The second-order valence-electron chi connectivity index (χ2n) is 10.0. The summed E-state index contributed by atoms with van der Waals surface area (Å²) in [6, 6.07) is 13.5. The zero-order valence-electron chi connectivity index (χ0n) is 22.0. The molecule has 2 atom stereocenters. The summed E-state index contributed by atoms with van der Waals surface area (Å²) in [5, 5.41) is 13.8. The van der Waals surface area contributed by atoms with Crippen LogP contribution in [-0.2, 0) is 11.8 Å². The molecule has 2 aliphatic rings. The smallest absolute Gasteiger partial charge is 0.259 e. The predicted molar refractivity (Wildman–Crippen MR) is 146 cm³/mol. The molecule has 2 aromatic heterocycles. The number of hydrogen-bond donors (Lipinski definition) is 2. The molecule has 2 N–H and O–H groups in total. The fourth-order valence-corrected chi connectivity index (χ4v) is 5.41. The molecule has 6 rings (SSSR count). The predicted octanol–water partition coefficient (Wildman–Crippen LogP) is 3.83. The summed E-state index contributed by atoms with van der Waals surface area (Å²) in [6.07, 6.45) is 0.790. The molecule has 1 saturated heterocycles. The second kappa shape index (κ2) is 10.2. The van der Waals surface area contributed by atoms with Crippen LogP contribution in [0.4, 0.5) is 26.1 Å². The Balaban J connectivity index is 1.18.